The molecule has 2 aliphatic rings. The molecule has 0 amide bonds. The molecule has 174 valence electrons. The standard InChI is InChI=1S/C25H32ClNO5/c1-6-7-8-9-32-24(30)20-14(2)27-17-12-25(3,4)13-18(28)22(17)21(20)15-10-16(26)23(29)19(11-15)31-5/h10-11,20-21,29H,6-9,12-13H2,1-5H3/t20?,21-/m0/s1. The molecule has 1 N–H and O–H groups in total. The second-order valence-electron chi connectivity index (χ2n) is 9.44. The van der Waals surface area contributed by atoms with Crippen molar-refractivity contribution in [1.82, 2.24) is 0 Å². The van der Waals surface area contributed by atoms with Gasteiger partial charge in [0.15, 0.2) is 17.3 Å². The lowest BCUT2D eigenvalue weighted by atomic mass is 9.67. The van der Waals surface area contributed by atoms with E-state index in [4.69, 9.17) is 26.1 Å². The average Bonchev–Trinajstić information content (AvgIpc) is 2.71. The summed E-state index contributed by atoms with van der Waals surface area (Å²) in [5, 5.41) is 10.3. The Hall–Kier alpha value is -2.34. The van der Waals surface area contributed by atoms with E-state index in [2.05, 4.69) is 6.92 Å². The molecule has 0 fully saturated rings. The first-order valence-electron chi connectivity index (χ1n) is 11.1. The highest BCUT2D eigenvalue weighted by Crippen LogP contribution is 2.49. The molecule has 0 saturated heterocycles. The van der Waals surface area contributed by atoms with Crippen molar-refractivity contribution in [3.8, 4) is 11.5 Å². The van der Waals surface area contributed by atoms with E-state index in [1.54, 1.807) is 19.1 Å². The third kappa shape index (κ3) is 4.85. The second-order valence-corrected chi connectivity index (χ2v) is 9.85. The minimum atomic E-state index is -0.745. The summed E-state index contributed by atoms with van der Waals surface area (Å²) in [6, 6.07) is 3.23. The summed E-state index contributed by atoms with van der Waals surface area (Å²) in [5.74, 6) is -1.76. The molecule has 1 aliphatic heterocycles. The molecule has 1 aromatic carbocycles. The number of ether oxygens (including phenoxy) is 2. The Balaban J connectivity index is 2.11. The van der Waals surface area contributed by atoms with Crippen LogP contribution >= 0.6 is 11.6 Å². The van der Waals surface area contributed by atoms with Crippen LogP contribution in [0.15, 0.2) is 28.4 Å². The number of nitrogens with zero attached hydrogens (tertiary/aromatic N) is 1. The van der Waals surface area contributed by atoms with Gasteiger partial charge >= 0.3 is 5.97 Å². The number of benzene rings is 1. The van der Waals surface area contributed by atoms with Crippen molar-refractivity contribution < 1.29 is 24.2 Å². The molecule has 1 unspecified atom stereocenters. The zero-order valence-corrected chi connectivity index (χ0v) is 20.2. The normalized spacial score (nSPS) is 22.3. The number of ketones is 1. The van der Waals surface area contributed by atoms with Crippen LogP contribution in [0.4, 0.5) is 0 Å². The Morgan fingerprint density at radius 1 is 1.28 bits per heavy atom. The number of rotatable bonds is 7. The topological polar surface area (TPSA) is 85.2 Å². The van der Waals surface area contributed by atoms with Gasteiger partial charge in [0.1, 0.15) is 5.92 Å². The first kappa shape index (κ1) is 24.3. The van der Waals surface area contributed by atoms with Gasteiger partial charge in [-0.2, -0.15) is 0 Å². The summed E-state index contributed by atoms with van der Waals surface area (Å²) in [5.41, 5.74) is 2.28. The molecule has 32 heavy (non-hydrogen) atoms. The van der Waals surface area contributed by atoms with Gasteiger partial charge < -0.3 is 14.6 Å². The van der Waals surface area contributed by atoms with Crippen molar-refractivity contribution >= 4 is 29.1 Å². The highest BCUT2D eigenvalue weighted by molar-refractivity contribution is 6.32. The largest absolute Gasteiger partial charge is 0.503 e. The minimum absolute atomic E-state index is 0.0237. The molecule has 0 saturated carbocycles. The Bertz CT molecular complexity index is 979. The second kappa shape index (κ2) is 9.65. The summed E-state index contributed by atoms with van der Waals surface area (Å²) in [7, 11) is 1.43. The van der Waals surface area contributed by atoms with E-state index in [1.165, 1.54) is 7.11 Å². The minimum Gasteiger partial charge on any atom is -0.503 e. The summed E-state index contributed by atoms with van der Waals surface area (Å²) in [6.45, 7) is 8.31. The summed E-state index contributed by atoms with van der Waals surface area (Å²) >= 11 is 6.28. The van der Waals surface area contributed by atoms with E-state index in [0.29, 0.717) is 42.0 Å². The SMILES string of the molecule is CCCCCOC(=O)C1C(C)=NC2=C(C(=O)CC(C)(C)C2)[C@H]1c1cc(Cl)c(O)c(OC)c1. The van der Waals surface area contributed by atoms with Crippen LogP contribution in [0.2, 0.25) is 5.02 Å². The lowest BCUT2D eigenvalue weighted by Crippen LogP contribution is -2.39. The van der Waals surface area contributed by atoms with Gasteiger partial charge in [0, 0.05) is 29.3 Å². The van der Waals surface area contributed by atoms with Gasteiger partial charge in [0.25, 0.3) is 0 Å². The number of aliphatic imine (C=N–C) groups is 1. The van der Waals surface area contributed by atoms with E-state index in [1.807, 2.05) is 13.8 Å². The number of halogens is 1. The number of unbranched alkanes of at least 4 members (excludes halogenated alkanes) is 2. The fourth-order valence-electron chi connectivity index (χ4n) is 4.65. The highest BCUT2D eigenvalue weighted by atomic mass is 35.5. The Labute approximate surface area is 194 Å². The highest BCUT2D eigenvalue weighted by Gasteiger charge is 2.46. The maximum absolute atomic E-state index is 13.3. The number of aromatic hydroxyl groups is 1. The molecule has 2 atom stereocenters. The number of Topliss-reactive ketones (excluding diaryl/α,β-unsaturated/α-hetero) is 1. The number of esters is 1. The van der Waals surface area contributed by atoms with Gasteiger partial charge in [0.05, 0.1) is 18.7 Å². The molecule has 7 heteroatoms. The van der Waals surface area contributed by atoms with Crippen LogP contribution in [0, 0.1) is 11.3 Å². The molecule has 1 heterocycles. The van der Waals surface area contributed by atoms with Gasteiger partial charge in [-0.05, 0) is 42.9 Å². The monoisotopic (exact) mass is 461 g/mol. The van der Waals surface area contributed by atoms with Gasteiger partial charge in [-0.15, -0.1) is 0 Å². The summed E-state index contributed by atoms with van der Waals surface area (Å²) in [4.78, 5) is 31.3. The quantitative estimate of drug-likeness (QED) is 0.421. The summed E-state index contributed by atoms with van der Waals surface area (Å²) in [6.07, 6.45) is 3.80. The third-order valence-corrected chi connectivity index (χ3v) is 6.47. The van der Waals surface area contributed by atoms with Crippen LogP contribution in [0.1, 0.15) is 71.3 Å². The summed E-state index contributed by atoms with van der Waals surface area (Å²) < 4.78 is 10.9. The molecule has 6 nitrogen and oxygen atoms in total. The fourth-order valence-corrected chi connectivity index (χ4v) is 4.87. The van der Waals surface area contributed by atoms with Crippen LogP contribution in [0.25, 0.3) is 0 Å². The van der Waals surface area contributed by atoms with Crippen molar-refractivity contribution in [2.75, 3.05) is 13.7 Å². The third-order valence-electron chi connectivity index (χ3n) is 6.18. The number of carbonyl (C=O) groups is 2. The van der Waals surface area contributed by atoms with Crippen LogP contribution in [-0.4, -0.2) is 36.3 Å². The maximum Gasteiger partial charge on any atom is 0.315 e. The molecule has 1 aliphatic carbocycles. The predicted octanol–water partition coefficient (Wildman–Crippen LogP) is 5.61. The number of hydrogen-bond donors (Lipinski definition) is 1. The van der Waals surface area contributed by atoms with Crippen LogP contribution < -0.4 is 4.74 Å². The molecule has 0 bridgehead atoms. The average molecular weight is 462 g/mol. The van der Waals surface area contributed by atoms with E-state index < -0.39 is 17.8 Å². The van der Waals surface area contributed by atoms with E-state index in [-0.39, 0.29) is 27.7 Å². The van der Waals surface area contributed by atoms with Crippen molar-refractivity contribution in [3.05, 3.63) is 34.0 Å². The van der Waals surface area contributed by atoms with E-state index >= 15 is 0 Å². The lowest BCUT2D eigenvalue weighted by Gasteiger charge is -2.39. The Kier molecular flexibility index (Phi) is 7.33. The Morgan fingerprint density at radius 3 is 2.66 bits per heavy atom. The maximum atomic E-state index is 13.3. The number of carbonyl (C=O) groups excluding carboxylic acids is 2. The van der Waals surface area contributed by atoms with Crippen molar-refractivity contribution in [2.45, 2.75) is 65.7 Å². The van der Waals surface area contributed by atoms with Gasteiger partial charge in [-0.3, -0.25) is 14.6 Å². The number of allylic oxidation sites excluding steroid dienone is 2. The predicted molar refractivity (Wildman–Crippen MR) is 125 cm³/mol. The van der Waals surface area contributed by atoms with Gasteiger partial charge in [-0.1, -0.05) is 45.2 Å². The number of hydrogen-bond acceptors (Lipinski definition) is 6. The molecular formula is C25H32ClNO5. The molecule has 0 radical (unpaired) electrons. The van der Waals surface area contributed by atoms with Crippen LogP contribution in [-0.2, 0) is 14.3 Å². The first-order valence-corrected chi connectivity index (χ1v) is 11.5. The Morgan fingerprint density at radius 2 is 2.00 bits per heavy atom. The lowest BCUT2D eigenvalue weighted by molar-refractivity contribution is -0.146. The van der Waals surface area contributed by atoms with E-state index in [0.717, 1.165) is 19.3 Å². The number of phenols is 1. The van der Waals surface area contributed by atoms with Crippen LogP contribution in [0.3, 0.4) is 0 Å². The van der Waals surface area contributed by atoms with Crippen molar-refractivity contribution in [3.63, 3.8) is 0 Å². The smallest absolute Gasteiger partial charge is 0.315 e. The number of methoxy groups -OCH3 is 1. The fraction of sp³-hybridized carbons (Fsp3) is 0.560. The first-order chi connectivity index (χ1) is 15.1. The number of phenolic OH excluding ortho intramolecular Hbond substituents is 1. The van der Waals surface area contributed by atoms with Gasteiger partial charge in [0.2, 0.25) is 0 Å². The van der Waals surface area contributed by atoms with Crippen molar-refractivity contribution in [1.29, 1.82) is 0 Å². The molecule has 3 rings (SSSR count). The van der Waals surface area contributed by atoms with E-state index in [9.17, 15) is 14.7 Å². The molecule has 1 aromatic rings. The van der Waals surface area contributed by atoms with Crippen molar-refractivity contribution in [2.24, 2.45) is 16.3 Å². The molecular weight excluding hydrogens is 430 g/mol. The zero-order chi connectivity index (χ0) is 23.6. The molecule has 0 spiro atoms. The zero-order valence-electron chi connectivity index (χ0n) is 19.5. The van der Waals surface area contributed by atoms with Crippen LogP contribution in [0.5, 0.6) is 11.5 Å². The molecule has 0 aromatic heterocycles. The van der Waals surface area contributed by atoms with Gasteiger partial charge in [-0.25, -0.2) is 0 Å².